The van der Waals surface area contributed by atoms with Crippen LogP contribution < -0.4 is 19.8 Å². The van der Waals surface area contributed by atoms with E-state index in [-0.39, 0.29) is 17.9 Å². The highest BCUT2D eigenvalue weighted by molar-refractivity contribution is 7.89. The van der Waals surface area contributed by atoms with E-state index < -0.39 is 10.0 Å². The maximum absolute atomic E-state index is 12.0. The van der Waals surface area contributed by atoms with Crippen LogP contribution >= 0.6 is 0 Å². The number of pyridine rings is 1. The van der Waals surface area contributed by atoms with Gasteiger partial charge in [0.1, 0.15) is 13.2 Å². The molecule has 22 heavy (non-hydrogen) atoms. The number of sulfonamides is 1. The topological polar surface area (TPSA) is 97.5 Å². The van der Waals surface area contributed by atoms with Gasteiger partial charge in [-0.1, -0.05) is 0 Å². The first kappa shape index (κ1) is 14.9. The molecule has 0 spiro atoms. The van der Waals surface area contributed by atoms with Crippen LogP contribution in [0.3, 0.4) is 0 Å². The van der Waals surface area contributed by atoms with Gasteiger partial charge in [0, 0.05) is 23.6 Å². The average Bonchev–Trinajstić information content (AvgIpc) is 2.51. The highest BCUT2D eigenvalue weighted by Crippen LogP contribution is 2.33. The van der Waals surface area contributed by atoms with Crippen molar-refractivity contribution in [2.45, 2.75) is 13.5 Å². The van der Waals surface area contributed by atoms with Gasteiger partial charge in [0.05, 0.1) is 11.3 Å². The van der Waals surface area contributed by atoms with E-state index in [1.807, 2.05) is 0 Å². The number of aromatic amines is 1. The Morgan fingerprint density at radius 3 is 2.55 bits per heavy atom. The molecule has 7 nitrogen and oxygen atoms in total. The van der Waals surface area contributed by atoms with Crippen molar-refractivity contribution >= 4 is 20.9 Å². The zero-order chi connectivity index (χ0) is 15.7. The number of rotatable bonds is 4. The first-order chi connectivity index (χ1) is 10.5. The van der Waals surface area contributed by atoms with Gasteiger partial charge in [0.25, 0.3) is 5.56 Å². The Morgan fingerprint density at radius 2 is 1.86 bits per heavy atom. The Bertz CT molecular complexity index is 873. The summed E-state index contributed by atoms with van der Waals surface area (Å²) < 4.78 is 36.3. The number of benzene rings is 1. The monoisotopic (exact) mass is 324 g/mol. The van der Waals surface area contributed by atoms with Crippen molar-refractivity contribution in [3.63, 3.8) is 0 Å². The molecule has 0 bridgehead atoms. The summed E-state index contributed by atoms with van der Waals surface area (Å²) in [5.74, 6) is 1.18. The fourth-order valence-corrected chi connectivity index (χ4v) is 2.79. The van der Waals surface area contributed by atoms with Crippen molar-refractivity contribution < 1.29 is 17.9 Å². The van der Waals surface area contributed by atoms with Crippen molar-refractivity contribution in [1.29, 1.82) is 0 Å². The van der Waals surface area contributed by atoms with Gasteiger partial charge in [0.2, 0.25) is 10.0 Å². The summed E-state index contributed by atoms with van der Waals surface area (Å²) in [7, 11) is -3.35. The third kappa shape index (κ3) is 2.93. The number of H-pyrrole nitrogens is 1. The molecular formula is C14H16N2O5S. The molecule has 118 valence electrons. The van der Waals surface area contributed by atoms with Gasteiger partial charge >= 0.3 is 0 Å². The SMILES string of the molecule is CCS(=O)(=O)NCc1cc2cc3c(cc2[nH]c1=O)OCCO3. The van der Waals surface area contributed by atoms with E-state index in [0.29, 0.717) is 35.8 Å². The van der Waals surface area contributed by atoms with Gasteiger partial charge in [-0.05, 0) is 19.1 Å². The predicted molar refractivity (Wildman–Crippen MR) is 81.9 cm³/mol. The van der Waals surface area contributed by atoms with E-state index in [4.69, 9.17) is 9.47 Å². The molecule has 1 aromatic carbocycles. The molecule has 0 saturated heterocycles. The zero-order valence-corrected chi connectivity index (χ0v) is 12.8. The van der Waals surface area contributed by atoms with Crippen LogP contribution in [0, 0.1) is 0 Å². The normalized spacial score (nSPS) is 14.2. The van der Waals surface area contributed by atoms with Crippen LogP contribution in [-0.4, -0.2) is 32.4 Å². The molecule has 2 heterocycles. The molecule has 1 aliphatic heterocycles. The zero-order valence-electron chi connectivity index (χ0n) is 12.0. The summed E-state index contributed by atoms with van der Waals surface area (Å²) in [6.45, 7) is 2.44. The third-order valence-corrected chi connectivity index (χ3v) is 4.79. The second-order valence-electron chi connectivity index (χ2n) is 4.93. The molecule has 8 heteroatoms. The Labute approximate surface area is 127 Å². The van der Waals surface area contributed by atoms with Crippen LogP contribution in [0.5, 0.6) is 11.5 Å². The molecule has 0 unspecified atom stereocenters. The first-order valence-electron chi connectivity index (χ1n) is 6.91. The predicted octanol–water partition coefficient (Wildman–Crippen LogP) is 0.739. The minimum absolute atomic E-state index is 0.0306. The maximum Gasteiger partial charge on any atom is 0.252 e. The van der Waals surface area contributed by atoms with E-state index in [1.54, 1.807) is 18.2 Å². The number of aromatic nitrogens is 1. The van der Waals surface area contributed by atoms with Gasteiger partial charge in [0.15, 0.2) is 11.5 Å². The van der Waals surface area contributed by atoms with Gasteiger partial charge in [-0.25, -0.2) is 13.1 Å². The molecule has 2 N–H and O–H groups in total. The highest BCUT2D eigenvalue weighted by Gasteiger charge is 2.14. The van der Waals surface area contributed by atoms with Crippen LogP contribution in [0.2, 0.25) is 0 Å². The summed E-state index contributed by atoms with van der Waals surface area (Å²) in [5.41, 5.74) is 0.639. The van der Waals surface area contributed by atoms with Crippen LogP contribution in [0.15, 0.2) is 23.0 Å². The van der Waals surface area contributed by atoms with Gasteiger partial charge < -0.3 is 14.5 Å². The molecule has 1 aliphatic rings. The third-order valence-electron chi connectivity index (χ3n) is 3.45. The Kier molecular flexibility index (Phi) is 3.79. The lowest BCUT2D eigenvalue weighted by atomic mass is 10.1. The largest absolute Gasteiger partial charge is 0.486 e. The molecule has 3 rings (SSSR count). The van der Waals surface area contributed by atoms with Gasteiger partial charge in [-0.3, -0.25) is 4.79 Å². The van der Waals surface area contributed by atoms with E-state index in [0.717, 1.165) is 5.39 Å². The lowest BCUT2D eigenvalue weighted by molar-refractivity contribution is 0.172. The molecule has 0 atom stereocenters. The van der Waals surface area contributed by atoms with Crippen LogP contribution in [0.4, 0.5) is 0 Å². The van der Waals surface area contributed by atoms with Gasteiger partial charge in [-0.15, -0.1) is 0 Å². The van der Waals surface area contributed by atoms with Crippen molar-refractivity contribution in [3.8, 4) is 11.5 Å². The minimum Gasteiger partial charge on any atom is -0.486 e. The number of ether oxygens (including phenoxy) is 2. The molecule has 2 aromatic rings. The second-order valence-corrected chi connectivity index (χ2v) is 7.03. The fraction of sp³-hybridized carbons (Fsp3) is 0.357. The summed E-state index contributed by atoms with van der Waals surface area (Å²) >= 11 is 0. The quantitative estimate of drug-likeness (QED) is 0.864. The Balaban J connectivity index is 1.98. The molecule has 0 amide bonds. The van der Waals surface area contributed by atoms with Crippen LogP contribution in [0.1, 0.15) is 12.5 Å². The smallest absolute Gasteiger partial charge is 0.252 e. The molecular weight excluding hydrogens is 308 g/mol. The number of hydrogen-bond acceptors (Lipinski definition) is 5. The van der Waals surface area contributed by atoms with Crippen LogP contribution in [-0.2, 0) is 16.6 Å². The summed E-state index contributed by atoms with van der Waals surface area (Å²) in [4.78, 5) is 14.8. The van der Waals surface area contributed by atoms with E-state index in [1.165, 1.54) is 6.92 Å². The second kappa shape index (κ2) is 5.62. The summed E-state index contributed by atoms with van der Waals surface area (Å²) in [6, 6.07) is 5.15. The Morgan fingerprint density at radius 1 is 1.18 bits per heavy atom. The summed E-state index contributed by atoms with van der Waals surface area (Å²) in [6.07, 6.45) is 0. The van der Waals surface area contributed by atoms with E-state index >= 15 is 0 Å². The fourth-order valence-electron chi connectivity index (χ4n) is 2.21. The number of fused-ring (bicyclic) bond motifs is 2. The average molecular weight is 324 g/mol. The molecule has 0 fully saturated rings. The number of hydrogen-bond donors (Lipinski definition) is 2. The summed E-state index contributed by atoms with van der Waals surface area (Å²) in [5, 5.41) is 0.759. The molecule has 1 aromatic heterocycles. The van der Waals surface area contributed by atoms with Crippen LogP contribution in [0.25, 0.3) is 10.9 Å². The molecule has 0 saturated carbocycles. The Hall–Kier alpha value is -2.06. The van der Waals surface area contributed by atoms with Gasteiger partial charge in [-0.2, -0.15) is 0 Å². The maximum atomic E-state index is 12.0. The molecule has 0 aliphatic carbocycles. The standard InChI is InChI=1S/C14H16N2O5S/c1-2-22(18,19)15-8-10-5-9-6-12-13(21-4-3-20-12)7-11(9)16-14(10)17/h5-7,15H,2-4,8H2,1H3,(H,16,17). The molecule has 0 radical (unpaired) electrons. The number of nitrogens with one attached hydrogen (secondary N) is 2. The van der Waals surface area contributed by atoms with Crippen molar-refractivity contribution in [3.05, 3.63) is 34.1 Å². The highest BCUT2D eigenvalue weighted by atomic mass is 32.2. The van der Waals surface area contributed by atoms with E-state index in [9.17, 15) is 13.2 Å². The lowest BCUT2D eigenvalue weighted by Crippen LogP contribution is -2.28. The minimum atomic E-state index is -3.35. The lowest BCUT2D eigenvalue weighted by Gasteiger charge is -2.18. The van der Waals surface area contributed by atoms with Crippen molar-refractivity contribution in [1.82, 2.24) is 9.71 Å². The van der Waals surface area contributed by atoms with Crippen molar-refractivity contribution in [2.24, 2.45) is 0 Å². The van der Waals surface area contributed by atoms with Crippen molar-refractivity contribution in [2.75, 3.05) is 19.0 Å². The van der Waals surface area contributed by atoms with E-state index in [2.05, 4.69) is 9.71 Å². The first-order valence-corrected chi connectivity index (χ1v) is 8.56.